The van der Waals surface area contributed by atoms with Crippen molar-refractivity contribution >= 4 is 29.2 Å². The van der Waals surface area contributed by atoms with E-state index in [4.69, 9.17) is 11.5 Å². The van der Waals surface area contributed by atoms with Crippen molar-refractivity contribution in [2.24, 2.45) is 10.3 Å². The summed E-state index contributed by atoms with van der Waals surface area (Å²) in [7, 11) is 0. The Kier molecular flexibility index (Phi) is 5.01. The molecule has 1 amide bonds. The minimum Gasteiger partial charge on any atom is -0.378 e. The minimum absolute atomic E-state index is 0.0318. The molecule has 0 radical (unpaired) electrons. The van der Waals surface area contributed by atoms with Crippen molar-refractivity contribution in [1.29, 1.82) is 0 Å². The van der Waals surface area contributed by atoms with E-state index in [0.29, 0.717) is 0 Å². The van der Waals surface area contributed by atoms with E-state index < -0.39 is 0 Å². The van der Waals surface area contributed by atoms with Crippen molar-refractivity contribution in [1.82, 2.24) is 25.9 Å². The van der Waals surface area contributed by atoms with Crippen molar-refractivity contribution in [3.8, 4) is 0 Å². The van der Waals surface area contributed by atoms with Gasteiger partial charge in [-0.15, -0.1) is 5.11 Å². The number of amides is 1. The van der Waals surface area contributed by atoms with Crippen LogP contribution in [-0.2, 0) is 4.79 Å². The lowest BCUT2D eigenvalue weighted by molar-refractivity contribution is -0.120. The number of nitrogens with one attached hydrogen (secondary N) is 1. The Balaban J connectivity index is 1.70. The van der Waals surface area contributed by atoms with Crippen molar-refractivity contribution < 1.29 is 14.1 Å². The number of rotatable bonds is 6. The van der Waals surface area contributed by atoms with Gasteiger partial charge in [0, 0.05) is 6.04 Å². The summed E-state index contributed by atoms with van der Waals surface area (Å²) in [5, 5.41) is 25.7. The van der Waals surface area contributed by atoms with Gasteiger partial charge in [0.25, 0.3) is 5.82 Å². The van der Waals surface area contributed by atoms with Crippen LogP contribution in [0.4, 0.5) is 23.3 Å². The lowest BCUT2D eigenvalue weighted by atomic mass is 9.95. The molecule has 2 aromatic rings. The third kappa shape index (κ3) is 4.19. The minimum atomic E-state index is -0.250. The molecule has 1 aliphatic rings. The summed E-state index contributed by atoms with van der Waals surface area (Å²) in [6.07, 6.45) is 5.32. The average Bonchev–Trinajstić information content (AvgIpc) is 3.21. The van der Waals surface area contributed by atoms with Crippen LogP contribution in [0, 0.1) is 0 Å². The maximum absolute atomic E-state index is 12.3. The number of carbonyl (C=O) groups is 1. The summed E-state index contributed by atoms with van der Waals surface area (Å²) in [6, 6.07) is 0.156. The Morgan fingerprint density at radius 3 is 2.48 bits per heavy atom. The Morgan fingerprint density at radius 2 is 1.84 bits per heavy atom. The first-order chi connectivity index (χ1) is 12.1. The lowest BCUT2D eigenvalue weighted by Crippen LogP contribution is -2.41. The fourth-order valence-corrected chi connectivity index (χ4v) is 2.53. The third-order valence-corrected chi connectivity index (χ3v) is 3.75. The van der Waals surface area contributed by atoms with E-state index in [1.807, 2.05) is 0 Å². The molecule has 134 valence electrons. The second-order valence-corrected chi connectivity index (χ2v) is 5.60. The number of nitrogen functional groups attached to an aromatic ring is 2. The van der Waals surface area contributed by atoms with Gasteiger partial charge in [-0.05, 0) is 33.5 Å². The maximum atomic E-state index is 12.3. The summed E-state index contributed by atoms with van der Waals surface area (Å²) in [4.78, 5) is 12.3. The summed E-state index contributed by atoms with van der Waals surface area (Å²) in [6.45, 7) is -0.177. The Bertz CT molecular complexity index is 735. The molecule has 1 saturated carbocycles. The highest BCUT2D eigenvalue weighted by molar-refractivity contribution is 5.81. The predicted molar refractivity (Wildman–Crippen MR) is 84.3 cm³/mol. The standard InChI is InChI=1S/C12H18N10O3/c13-9-11(19-24-17-9)16-21-22(12-10(14)18-25-20-12)6-8(23)15-7-4-2-1-3-5-7/h7H,1-6H2,(H2,13,17)(H2,14,18)(H,15,23). The summed E-state index contributed by atoms with van der Waals surface area (Å²) < 4.78 is 8.97. The molecule has 2 aromatic heterocycles. The predicted octanol–water partition coefficient (Wildman–Crippen LogP) is 0.571. The summed E-state index contributed by atoms with van der Waals surface area (Å²) in [5.41, 5.74) is 11.2. The largest absolute Gasteiger partial charge is 0.378 e. The number of hydrogen-bond acceptors (Lipinski definition) is 11. The molecule has 3 rings (SSSR count). The number of aromatic nitrogens is 4. The number of nitrogens with two attached hydrogens (primary N) is 2. The van der Waals surface area contributed by atoms with Crippen LogP contribution < -0.4 is 21.8 Å². The zero-order chi connectivity index (χ0) is 17.6. The first kappa shape index (κ1) is 16.6. The van der Waals surface area contributed by atoms with E-state index in [-0.39, 0.29) is 41.8 Å². The first-order valence-corrected chi connectivity index (χ1v) is 7.78. The molecule has 5 N–H and O–H groups in total. The number of nitrogens with zero attached hydrogens (tertiary/aromatic N) is 7. The topological polar surface area (TPSA) is 187 Å². The van der Waals surface area contributed by atoms with Crippen LogP contribution in [0.5, 0.6) is 0 Å². The second-order valence-electron chi connectivity index (χ2n) is 5.60. The number of hydrogen-bond donors (Lipinski definition) is 3. The van der Waals surface area contributed by atoms with Crippen molar-refractivity contribution in [2.75, 3.05) is 23.0 Å². The highest BCUT2D eigenvalue weighted by atomic mass is 16.6. The van der Waals surface area contributed by atoms with Crippen LogP contribution in [0.2, 0.25) is 0 Å². The molecule has 1 fully saturated rings. The fourth-order valence-electron chi connectivity index (χ4n) is 2.53. The van der Waals surface area contributed by atoms with Crippen LogP contribution in [0.3, 0.4) is 0 Å². The van der Waals surface area contributed by atoms with Gasteiger partial charge in [0.2, 0.25) is 23.4 Å². The average molecular weight is 350 g/mol. The maximum Gasteiger partial charge on any atom is 0.263 e. The fraction of sp³-hybridized carbons (Fsp3) is 0.583. The zero-order valence-corrected chi connectivity index (χ0v) is 13.3. The van der Waals surface area contributed by atoms with E-state index in [2.05, 4.69) is 45.5 Å². The monoisotopic (exact) mass is 350 g/mol. The van der Waals surface area contributed by atoms with Gasteiger partial charge < -0.3 is 16.8 Å². The van der Waals surface area contributed by atoms with Gasteiger partial charge in [0.1, 0.15) is 6.54 Å². The molecule has 1 aliphatic carbocycles. The van der Waals surface area contributed by atoms with Gasteiger partial charge in [0.15, 0.2) is 0 Å². The molecule has 0 spiro atoms. The molecule has 0 aliphatic heterocycles. The molecule has 0 unspecified atom stereocenters. The molecule has 2 heterocycles. The van der Waals surface area contributed by atoms with E-state index >= 15 is 0 Å². The van der Waals surface area contributed by atoms with Gasteiger partial charge in [-0.25, -0.2) is 14.3 Å². The highest BCUT2D eigenvalue weighted by Crippen LogP contribution is 2.22. The van der Waals surface area contributed by atoms with Crippen molar-refractivity contribution in [3.63, 3.8) is 0 Å². The molecule has 13 heteroatoms. The van der Waals surface area contributed by atoms with E-state index in [0.717, 1.165) is 30.7 Å². The molecule has 0 bridgehead atoms. The van der Waals surface area contributed by atoms with Crippen LogP contribution in [0.15, 0.2) is 19.6 Å². The van der Waals surface area contributed by atoms with Gasteiger partial charge in [0.05, 0.1) is 0 Å². The molecule has 13 nitrogen and oxygen atoms in total. The summed E-state index contributed by atoms with van der Waals surface area (Å²) >= 11 is 0. The smallest absolute Gasteiger partial charge is 0.263 e. The van der Waals surface area contributed by atoms with Crippen molar-refractivity contribution in [3.05, 3.63) is 0 Å². The third-order valence-electron chi connectivity index (χ3n) is 3.75. The molecular weight excluding hydrogens is 332 g/mol. The van der Waals surface area contributed by atoms with Crippen LogP contribution in [0.25, 0.3) is 0 Å². The van der Waals surface area contributed by atoms with Gasteiger partial charge in [-0.1, -0.05) is 24.5 Å². The van der Waals surface area contributed by atoms with Gasteiger partial charge >= 0.3 is 0 Å². The highest BCUT2D eigenvalue weighted by Gasteiger charge is 2.22. The first-order valence-electron chi connectivity index (χ1n) is 7.78. The van der Waals surface area contributed by atoms with Crippen LogP contribution >= 0.6 is 0 Å². The van der Waals surface area contributed by atoms with E-state index in [1.54, 1.807) is 0 Å². The SMILES string of the molecule is Nc1nonc1N=NN(CC(=O)NC1CCCCC1)c1nonc1N. The number of carbonyl (C=O) groups excluding carboxylic acids is 1. The normalized spacial score (nSPS) is 15.5. The van der Waals surface area contributed by atoms with Crippen LogP contribution in [-0.4, -0.2) is 39.1 Å². The van der Waals surface area contributed by atoms with Gasteiger partial charge in [-0.2, -0.15) is 0 Å². The zero-order valence-electron chi connectivity index (χ0n) is 13.3. The molecule has 0 aromatic carbocycles. The lowest BCUT2D eigenvalue weighted by Gasteiger charge is -2.23. The molecule has 0 saturated heterocycles. The molecule has 25 heavy (non-hydrogen) atoms. The van der Waals surface area contributed by atoms with Crippen molar-refractivity contribution in [2.45, 2.75) is 38.1 Å². The molecule has 0 atom stereocenters. The van der Waals surface area contributed by atoms with E-state index in [9.17, 15) is 4.79 Å². The summed E-state index contributed by atoms with van der Waals surface area (Å²) in [5.74, 6) is -0.304. The quantitative estimate of drug-likeness (QED) is 0.490. The Labute approximate surface area is 141 Å². The molecular formula is C12H18N10O3. The Morgan fingerprint density at radius 1 is 1.12 bits per heavy atom. The Hall–Kier alpha value is -3.25. The van der Waals surface area contributed by atoms with Crippen LogP contribution in [0.1, 0.15) is 32.1 Å². The second kappa shape index (κ2) is 7.55. The van der Waals surface area contributed by atoms with Gasteiger partial charge in [-0.3, -0.25) is 4.79 Å². The number of anilines is 3. The van der Waals surface area contributed by atoms with E-state index in [1.165, 1.54) is 6.42 Å².